The third-order valence-corrected chi connectivity index (χ3v) is 6.69. The Labute approximate surface area is 167 Å². The van der Waals surface area contributed by atoms with Crippen LogP contribution in [-0.4, -0.2) is 54.9 Å². The summed E-state index contributed by atoms with van der Waals surface area (Å²) in [6, 6.07) is 10.5. The maximum atomic E-state index is 12.8. The van der Waals surface area contributed by atoms with E-state index in [1.165, 1.54) is 21.9 Å². The number of aryl methyl sites for hydroxylation is 1. The monoisotopic (exact) mass is 420 g/mol. The van der Waals surface area contributed by atoms with Crippen molar-refractivity contribution in [1.82, 2.24) is 9.79 Å². The lowest BCUT2D eigenvalue weighted by atomic mass is 10.1. The molecule has 1 saturated heterocycles. The SMILES string of the molecule is Cc1ccc(S(=O)(=O)N2CCN(c3ccc(C(=O)NO)cc3[N+](=O)[O-])CC2)cc1. The van der Waals surface area contributed by atoms with Gasteiger partial charge in [0.25, 0.3) is 11.6 Å². The van der Waals surface area contributed by atoms with Gasteiger partial charge in [0.15, 0.2) is 0 Å². The molecule has 0 aliphatic carbocycles. The molecule has 2 aromatic carbocycles. The number of benzene rings is 2. The van der Waals surface area contributed by atoms with E-state index < -0.39 is 20.9 Å². The van der Waals surface area contributed by atoms with Gasteiger partial charge in [-0.1, -0.05) is 17.7 Å². The second-order valence-corrected chi connectivity index (χ2v) is 8.54. The van der Waals surface area contributed by atoms with Gasteiger partial charge in [-0.15, -0.1) is 0 Å². The number of piperazine rings is 1. The summed E-state index contributed by atoms with van der Waals surface area (Å²) in [6.07, 6.45) is 0. The van der Waals surface area contributed by atoms with Crippen molar-refractivity contribution in [3.8, 4) is 0 Å². The quantitative estimate of drug-likeness (QED) is 0.426. The van der Waals surface area contributed by atoms with Gasteiger partial charge in [-0.25, -0.2) is 13.9 Å². The third kappa shape index (κ3) is 4.21. The van der Waals surface area contributed by atoms with Gasteiger partial charge in [0.1, 0.15) is 5.69 Å². The van der Waals surface area contributed by atoms with Gasteiger partial charge in [-0.05, 0) is 31.2 Å². The zero-order valence-electron chi connectivity index (χ0n) is 15.6. The molecule has 1 fully saturated rings. The molecule has 0 bridgehead atoms. The summed E-state index contributed by atoms with van der Waals surface area (Å²) in [6.45, 7) is 2.74. The summed E-state index contributed by atoms with van der Waals surface area (Å²) in [5.41, 5.74) is 2.34. The Bertz CT molecular complexity index is 1030. The standard InChI is InChI=1S/C18H20N4O6S/c1-13-2-5-15(6-3-13)29(27,28)21-10-8-20(9-11-21)16-7-4-14(18(23)19-24)12-17(16)22(25)26/h2-7,12,24H,8-11H2,1H3,(H,19,23). The lowest BCUT2D eigenvalue weighted by molar-refractivity contribution is -0.384. The Morgan fingerprint density at radius 3 is 2.28 bits per heavy atom. The number of hydrogen-bond donors (Lipinski definition) is 2. The molecule has 2 N–H and O–H groups in total. The van der Waals surface area contributed by atoms with Gasteiger partial charge >= 0.3 is 0 Å². The van der Waals surface area contributed by atoms with Crippen molar-refractivity contribution in [3.05, 3.63) is 63.7 Å². The number of nitro benzene ring substituents is 1. The van der Waals surface area contributed by atoms with Crippen molar-refractivity contribution in [2.24, 2.45) is 0 Å². The molecule has 154 valence electrons. The second kappa shape index (κ2) is 8.15. The van der Waals surface area contributed by atoms with E-state index in [-0.39, 0.29) is 48.0 Å². The second-order valence-electron chi connectivity index (χ2n) is 6.61. The van der Waals surface area contributed by atoms with Crippen LogP contribution in [0.2, 0.25) is 0 Å². The predicted octanol–water partition coefficient (Wildman–Crippen LogP) is 1.53. The number of nitrogens with zero attached hydrogens (tertiary/aromatic N) is 3. The highest BCUT2D eigenvalue weighted by Crippen LogP contribution is 2.31. The molecule has 3 rings (SSSR count). The number of carbonyl (C=O) groups is 1. The molecule has 1 aliphatic rings. The summed E-state index contributed by atoms with van der Waals surface area (Å²) in [7, 11) is -3.64. The van der Waals surface area contributed by atoms with E-state index >= 15 is 0 Å². The molecule has 0 atom stereocenters. The van der Waals surface area contributed by atoms with Crippen molar-refractivity contribution >= 4 is 27.3 Å². The molecule has 11 heteroatoms. The molecule has 0 radical (unpaired) electrons. The maximum Gasteiger partial charge on any atom is 0.293 e. The van der Waals surface area contributed by atoms with Crippen LogP contribution in [0.25, 0.3) is 0 Å². The van der Waals surface area contributed by atoms with Gasteiger partial charge in [-0.3, -0.25) is 20.1 Å². The Hall–Kier alpha value is -3.02. The smallest absolute Gasteiger partial charge is 0.293 e. The molecule has 29 heavy (non-hydrogen) atoms. The molecule has 1 aliphatic heterocycles. The number of amides is 1. The number of anilines is 1. The highest BCUT2D eigenvalue weighted by molar-refractivity contribution is 7.89. The lowest BCUT2D eigenvalue weighted by Crippen LogP contribution is -2.48. The Kier molecular flexibility index (Phi) is 5.82. The largest absolute Gasteiger partial charge is 0.363 e. The first kappa shape index (κ1) is 20.7. The van der Waals surface area contributed by atoms with E-state index in [9.17, 15) is 23.3 Å². The number of rotatable bonds is 5. The third-order valence-electron chi connectivity index (χ3n) is 4.77. The molecule has 0 unspecified atom stereocenters. The Balaban J connectivity index is 1.79. The molecule has 1 heterocycles. The lowest BCUT2D eigenvalue weighted by Gasteiger charge is -2.35. The summed E-state index contributed by atoms with van der Waals surface area (Å²) in [4.78, 5) is 24.3. The summed E-state index contributed by atoms with van der Waals surface area (Å²) < 4.78 is 27.0. The molecule has 0 aromatic heterocycles. The number of carbonyl (C=O) groups excluding carboxylic acids is 1. The molecule has 2 aromatic rings. The van der Waals surface area contributed by atoms with Gasteiger partial charge in [0, 0.05) is 37.8 Å². The predicted molar refractivity (Wildman–Crippen MR) is 104 cm³/mol. The molecule has 10 nitrogen and oxygen atoms in total. The van der Waals surface area contributed by atoms with E-state index in [4.69, 9.17) is 5.21 Å². The number of hydroxylamine groups is 1. The van der Waals surface area contributed by atoms with E-state index in [0.29, 0.717) is 0 Å². The molecule has 0 saturated carbocycles. The fourth-order valence-electron chi connectivity index (χ4n) is 3.17. The normalized spacial score (nSPS) is 15.2. The number of nitrogens with one attached hydrogen (secondary N) is 1. The highest BCUT2D eigenvalue weighted by atomic mass is 32.2. The minimum absolute atomic E-state index is 0.0523. The summed E-state index contributed by atoms with van der Waals surface area (Å²) in [5, 5.41) is 20.2. The summed E-state index contributed by atoms with van der Waals surface area (Å²) >= 11 is 0. The van der Waals surface area contributed by atoms with Crippen molar-refractivity contribution < 1.29 is 23.3 Å². The number of hydrogen-bond acceptors (Lipinski definition) is 7. The first-order valence-corrected chi connectivity index (χ1v) is 10.2. The fraction of sp³-hybridized carbons (Fsp3) is 0.278. The van der Waals surface area contributed by atoms with Crippen molar-refractivity contribution in [3.63, 3.8) is 0 Å². The van der Waals surface area contributed by atoms with Crippen LogP contribution in [0.3, 0.4) is 0 Å². The molecular formula is C18H20N4O6S. The van der Waals surface area contributed by atoms with Crippen molar-refractivity contribution in [2.45, 2.75) is 11.8 Å². The first-order valence-electron chi connectivity index (χ1n) is 8.78. The zero-order chi connectivity index (χ0) is 21.2. The Morgan fingerprint density at radius 1 is 1.10 bits per heavy atom. The van der Waals surface area contributed by atoms with Crippen LogP contribution in [0.5, 0.6) is 0 Å². The average Bonchev–Trinajstić information content (AvgIpc) is 2.73. The van der Waals surface area contributed by atoms with E-state index in [0.717, 1.165) is 11.6 Å². The Morgan fingerprint density at radius 2 is 1.72 bits per heavy atom. The van der Waals surface area contributed by atoms with Crippen LogP contribution in [0.1, 0.15) is 15.9 Å². The fourth-order valence-corrected chi connectivity index (χ4v) is 4.59. The van der Waals surface area contributed by atoms with Gasteiger partial charge in [-0.2, -0.15) is 4.31 Å². The van der Waals surface area contributed by atoms with Crippen LogP contribution in [0.15, 0.2) is 47.4 Å². The van der Waals surface area contributed by atoms with Crippen molar-refractivity contribution in [2.75, 3.05) is 31.1 Å². The topological polar surface area (TPSA) is 133 Å². The van der Waals surface area contributed by atoms with E-state index in [1.54, 1.807) is 29.2 Å². The number of nitro groups is 1. The number of sulfonamides is 1. The zero-order valence-corrected chi connectivity index (χ0v) is 16.4. The minimum Gasteiger partial charge on any atom is -0.363 e. The van der Waals surface area contributed by atoms with Crippen LogP contribution < -0.4 is 10.4 Å². The first-order chi connectivity index (χ1) is 13.7. The van der Waals surface area contributed by atoms with E-state index in [2.05, 4.69) is 0 Å². The minimum atomic E-state index is -3.64. The van der Waals surface area contributed by atoms with Gasteiger partial charge in [0.05, 0.1) is 9.82 Å². The van der Waals surface area contributed by atoms with Crippen LogP contribution in [0.4, 0.5) is 11.4 Å². The van der Waals surface area contributed by atoms with E-state index in [1.807, 2.05) is 6.92 Å². The molecular weight excluding hydrogens is 400 g/mol. The highest BCUT2D eigenvalue weighted by Gasteiger charge is 2.31. The molecule has 1 amide bonds. The maximum absolute atomic E-state index is 12.8. The van der Waals surface area contributed by atoms with Crippen LogP contribution in [-0.2, 0) is 10.0 Å². The van der Waals surface area contributed by atoms with Crippen molar-refractivity contribution in [1.29, 1.82) is 0 Å². The summed E-state index contributed by atoms with van der Waals surface area (Å²) in [5.74, 6) is -0.853. The van der Waals surface area contributed by atoms with Gasteiger partial charge in [0.2, 0.25) is 10.0 Å². The van der Waals surface area contributed by atoms with Gasteiger partial charge < -0.3 is 4.90 Å². The van der Waals surface area contributed by atoms with Crippen LogP contribution in [0, 0.1) is 17.0 Å². The molecule has 0 spiro atoms. The average molecular weight is 420 g/mol. The van der Waals surface area contributed by atoms with Crippen LogP contribution >= 0.6 is 0 Å².